The number of benzene rings is 1. The predicted octanol–water partition coefficient (Wildman–Crippen LogP) is 1.65. The van der Waals surface area contributed by atoms with Crippen molar-refractivity contribution >= 4 is 38.2 Å². The molecule has 0 bridgehead atoms. The summed E-state index contributed by atoms with van der Waals surface area (Å²) in [7, 11) is -3.71. The van der Waals surface area contributed by atoms with Crippen molar-refractivity contribution in [1.29, 1.82) is 0 Å². The Bertz CT molecular complexity index is 718. The van der Waals surface area contributed by atoms with Gasteiger partial charge in [-0.3, -0.25) is 4.79 Å². The fourth-order valence-corrected chi connectivity index (χ4v) is 3.10. The van der Waals surface area contributed by atoms with Gasteiger partial charge in [0.25, 0.3) is 0 Å². The molecule has 0 saturated carbocycles. The maximum Gasteiger partial charge on any atom is 0.236 e. The third kappa shape index (κ3) is 3.07. The minimum absolute atomic E-state index is 0.103. The van der Waals surface area contributed by atoms with Crippen LogP contribution in [-0.4, -0.2) is 19.7 Å². The predicted molar refractivity (Wildman–Crippen MR) is 73.8 cm³/mol. The summed E-state index contributed by atoms with van der Waals surface area (Å²) in [5, 5.41) is 2.62. The minimum atomic E-state index is -3.71. The molecule has 7 heteroatoms. The number of hydrogen-bond donors (Lipinski definition) is 1. The van der Waals surface area contributed by atoms with E-state index in [1.54, 1.807) is 24.5 Å². The van der Waals surface area contributed by atoms with Crippen molar-refractivity contribution in [3.05, 3.63) is 46.8 Å². The van der Waals surface area contributed by atoms with Gasteiger partial charge in [-0.1, -0.05) is 18.2 Å². The molecule has 0 fully saturated rings. The third-order valence-electron chi connectivity index (χ3n) is 2.25. The number of hydrogen-bond acceptors (Lipinski definition) is 6. The van der Waals surface area contributed by atoms with Crippen LogP contribution in [0.4, 0.5) is 5.13 Å². The van der Waals surface area contributed by atoms with E-state index in [2.05, 4.69) is 4.98 Å². The monoisotopic (exact) mass is 293 g/mol. The summed E-state index contributed by atoms with van der Waals surface area (Å²) < 4.78 is 24.1. The molecule has 1 heterocycles. The number of nitrogens with two attached hydrogens (primary N) is 1. The minimum Gasteiger partial charge on any atom is -0.375 e. The third-order valence-corrected chi connectivity index (χ3v) is 4.40. The van der Waals surface area contributed by atoms with Gasteiger partial charge in [0.05, 0.1) is 16.2 Å². The lowest BCUT2D eigenvalue weighted by Crippen LogP contribution is -1.99. The normalized spacial score (nSPS) is 12.3. The van der Waals surface area contributed by atoms with Crippen LogP contribution in [0.15, 0.2) is 46.0 Å². The summed E-state index contributed by atoms with van der Waals surface area (Å²) in [4.78, 5) is 14.9. The van der Waals surface area contributed by atoms with Crippen LogP contribution < -0.4 is 5.73 Å². The molecule has 1 aromatic carbocycles. The fourth-order valence-electron chi connectivity index (χ4n) is 1.38. The smallest absolute Gasteiger partial charge is 0.236 e. The highest BCUT2D eigenvalue weighted by molar-refractivity contribution is 7.94. The molecule has 0 aliphatic carbocycles. The van der Waals surface area contributed by atoms with Crippen molar-refractivity contribution in [1.82, 2.24) is 4.98 Å². The molecule has 0 saturated heterocycles. The Hall–Kier alpha value is -1.99. The van der Waals surface area contributed by atoms with Gasteiger partial charge < -0.3 is 5.73 Å². The van der Waals surface area contributed by atoms with Crippen molar-refractivity contribution in [2.75, 3.05) is 5.73 Å². The molecule has 97 valence electrons. The Morgan fingerprint density at radius 1 is 1.32 bits per heavy atom. The first-order valence-corrected chi connectivity index (χ1v) is 7.57. The zero-order chi connectivity index (χ0) is 13.9. The fraction of sp³-hybridized carbons (Fsp3) is 0. The number of anilines is 1. The molecule has 1 aromatic heterocycles. The van der Waals surface area contributed by atoms with Crippen LogP contribution in [-0.2, 0) is 14.6 Å². The van der Waals surface area contributed by atoms with Gasteiger partial charge in [-0.25, -0.2) is 13.4 Å². The van der Waals surface area contributed by atoms with Crippen molar-refractivity contribution < 1.29 is 13.2 Å². The zero-order valence-electron chi connectivity index (χ0n) is 9.61. The van der Waals surface area contributed by atoms with Crippen LogP contribution in [0, 0.1) is 0 Å². The SMILES string of the molecule is Nc1nc(C([C]=O)=CS(=O)(=O)c2ccccc2)cs1. The molecule has 2 rings (SSSR count). The first kappa shape index (κ1) is 13.4. The van der Waals surface area contributed by atoms with Crippen LogP contribution in [0.2, 0.25) is 0 Å². The van der Waals surface area contributed by atoms with E-state index in [4.69, 9.17) is 5.73 Å². The maximum atomic E-state index is 12.1. The quantitative estimate of drug-likeness (QED) is 0.866. The summed E-state index contributed by atoms with van der Waals surface area (Å²) in [5.74, 6) is 0. The Morgan fingerprint density at radius 2 is 2.00 bits per heavy atom. The van der Waals surface area contributed by atoms with Gasteiger partial charge in [0.1, 0.15) is 0 Å². The lowest BCUT2D eigenvalue weighted by molar-refractivity contribution is 0.565. The van der Waals surface area contributed by atoms with Gasteiger partial charge in [-0.2, -0.15) is 0 Å². The largest absolute Gasteiger partial charge is 0.375 e. The summed E-state index contributed by atoms with van der Waals surface area (Å²) >= 11 is 1.12. The molecule has 2 N–H and O–H groups in total. The number of nitrogen functional groups attached to an aromatic ring is 1. The van der Waals surface area contributed by atoms with E-state index in [-0.39, 0.29) is 21.3 Å². The lowest BCUT2D eigenvalue weighted by atomic mass is 10.3. The molecule has 0 spiro atoms. The second-order valence-corrected chi connectivity index (χ2v) is 6.25. The highest BCUT2D eigenvalue weighted by Gasteiger charge is 2.15. The number of rotatable bonds is 4. The second kappa shape index (κ2) is 5.33. The molecule has 0 aliphatic rings. The summed E-state index contributed by atoms with van der Waals surface area (Å²) in [6.45, 7) is 0. The number of allylic oxidation sites excluding steroid dienone is 1. The first-order chi connectivity index (χ1) is 9.03. The number of sulfone groups is 1. The molecule has 19 heavy (non-hydrogen) atoms. The summed E-state index contributed by atoms with van der Waals surface area (Å²) in [5.41, 5.74) is 5.51. The molecular weight excluding hydrogens is 284 g/mol. The topological polar surface area (TPSA) is 90.1 Å². The molecule has 1 radical (unpaired) electrons. The Balaban J connectivity index is 2.46. The number of nitrogens with zero attached hydrogens (tertiary/aromatic N) is 1. The van der Waals surface area contributed by atoms with Gasteiger partial charge >= 0.3 is 0 Å². The Morgan fingerprint density at radius 3 is 2.53 bits per heavy atom. The average molecular weight is 293 g/mol. The average Bonchev–Trinajstić information content (AvgIpc) is 2.84. The van der Waals surface area contributed by atoms with E-state index < -0.39 is 9.84 Å². The number of carbonyl (C=O) groups excluding carboxylic acids is 1. The van der Waals surface area contributed by atoms with Gasteiger partial charge in [0, 0.05) is 10.8 Å². The van der Waals surface area contributed by atoms with Crippen molar-refractivity contribution in [3.63, 3.8) is 0 Å². The van der Waals surface area contributed by atoms with Crippen molar-refractivity contribution in [2.24, 2.45) is 0 Å². The van der Waals surface area contributed by atoms with Crippen LogP contribution in [0.25, 0.3) is 5.57 Å². The lowest BCUT2D eigenvalue weighted by Gasteiger charge is -1.99. The first-order valence-electron chi connectivity index (χ1n) is 5.14. The van der Waals surface area contributed by atoms with Gasteiger partial charge in [-0.15, -0.1) is 11.3 Å². The Labute approximate surface area is 114 Å². The van der Waals surface area contributed by atoms with Crippen LogP contribution >= 0.6 is 11.3 Å². The van der Waals surface area contributed by atoms with Crippen LogP contribution in [0.3, 0.4) is 0 Å². The van der Waals surface area contributed by atoms with Crippen molar-refractivity contribution in [2.45, 2.75) is 4.90 Å². The van der Waals surface area contributed by atoms with Crippen LogP contribution in [0.1, 0.15) is 5.69 Å². The molecule has 5 nitrogen and oxygen atoms in total. The molecule has 0 aliphatic heterocycles. The summed E-state index contributed by atoms with van der Waals surface area (Å²) in [6.07, 6.45) is 1.58. The van der Waals surface area contributed by atoms with Crippen molar-refractivity contribution in [3.8, 4) is 0 Å². The van der Waals surface area contributed by atoms with Gasteiger partial charge in [0.15, 0.2) is 5.13 Å². The van der Waals surface area contributed by atoms with E-state index in [1.165, 1.54) is 17.5 Å². The van der Waals surface area contributed by atoms with Gasteiger partial charge in [-0.05, 0) is 12.1 Å². The van der Waals surface area contributed by atoms with E-state index in [0.717, 1.165) is 16.7 Å². The number of thiazole rings is 1. The number of aromatic nitrogens is 1. The van der Waals surface area contributed by atoms with E-state index >= 15 is 0 Å². The molecule has 0 unspecified atom stereocenters. The van der Waals surface area contributed by atoms with E-state index in [0.29, 0.717) is 0 Å². The van der Waals surface area contributed by atoms with Crippen LogP contribution in [0.5, 0.6) is 0 Å². The zero-order valence-corrected chi connectivity index (χ0v) is 11.2. The molecule has 0 amide bonds. The summed E-state index contributed by atoms with van der Waals surface area (Å²) in [6, 6.07) is 7.81. The maximum absolute atomic E-state index is 12.1. The highest BCUT2D eigenvalue weighted by atomic mass is 32.2. The highest BCUT2D eigenvalue weighted by Crippen LogP contribution is 2.21. The molecular formula is C12H9N2O3S2. The molecule has 2 aromatic rings. The second-order valence-electron chi connectivity index (χ2n) is 3.56. The Kier molecular flexibility index (Phi) is 3.77. The van der Waals surface area contributed by atoms with Gasteiger partial charge in [0.2, 0.25) is 16.1 Å². The van der Waals surface area contributed by atoms with E-state index in [9.17, 15) is 13.2 Å². The standard InChI is InChI=1S/C12H9N2O3S2/c13-12-14-11(7-18-12)9(6-15)8-19(16,17)10-4-2-1-3-5-10/h1-5,7-8H,(H2,13,14). The molecule has 0 atom stereocenters. The van der Waals surface area contributed by atoms with E-state index in [1.807, 2.05) is 0 Å².